The van der Waals surface area contributed by atoms with Crippen molar-refractivity contribution >= 4 is 17.0 Å². The van der Waals surface area contributed by atoms with E-state index in [2.05, 4.69) is 26.4 Å². The molecule has 0 radical (unpaired) electrons. The maximum Gasteiger partial charge on any atom is 0.335 e. The number of likely N-dealkylation sites (tertiary alicyclic amines) is 1. The maximum absolute atomic E-state index is 14.2. The number of carboxylic acid groups (broad SMARTS) is 1. The summed E-state index contributed by atoms with van der Waals surface area (Å²) in [5, 5.41) is 18.4. The van der Waals surface area contributed by atoms with Crippen LogP contribution < -0.4 is 9.47 Å². The smallest absolute Gasteiger partial charge is 0.335 e. The molecular formula is C31H31FN6O5. The van der Waals surface area contributed by atoms with Crippen LogP contribution in [0.2, 0.25) is 0 Å². The van der Waals surface area contributed by atoms with Gasteiger partial charge in [-0.15, -0.1) is 0 Å². The molecule has 2 fully saturated rings. The number of halogens is 1. The van der Waals surface area contributed by atoms with Gasteiger partial charge in [0.05, 0.1) is 47.4 Å². The van der Waals surface area contributed by atoms with Gasteiger partial charge in [-0.05, 0) is 62.6 Å². The summed E-state index contributed by atoms with van der Waals surface area (Å²) in [7, 11) is 0. The van der Waals surface area contributed by atoms with Crippen LogP contribution in [0.15, 0.2) is 48.7 Å². The molecule has 0 aliphatic carbocycles. The maximum atomic E-state index is 14.2. The van der Waals surface area contributed by atoms with E-state index in [9.17, 15) is 14.3 Å². The molecule has 0 saturated carbocycles. The number of benzene rings is 2. The van der Waals surface area contributed by atoms with Crippen LogP contribution in [0.5, 0.6) is 11.6 Å². The van der Waals surface area contributed by atoms with Crippen LogP contribution in [-0.2, 0) is 24.4 Å². The van der Waals surface area contributed by atoms with E-state index in [1.807, 2.05) is 6.07 Å². The number of hydrogen-bond acceptors (Lipinski definition) is 9. The standard InChI is InChI=1S/C31H31FN6O5/c1-19-12-22(43-30-6-9-34-28(36-30)18-42-27-5-2-20(15-33)13-24(27)32)7-10-37(19)17-29-35-25-4-3-21(31(39)40)14-26(25)38(29)16-23-8-11-41-23/h2-6,9,13-14,19,22-23H,7-8,10-12,16-18H2,1H3,(H,39,40)/t19-,22-,23-/m0/s1. The zero-order chi connectivity index (χ0) is 29.9. The van der Waals surface area contributed by atoms with E-state index in [0.717, 1.165) is 55.3 Å². The molecule has 0 amide bonds. The summed E-state index contributed by atoms with van der Waals surface area (Å²) >= 11 is 0. The van der Waals surface area contributed by atoms with E-state index in [-0.39, 0.29) is 41.7 Å². The van der Waals surface area contributed by atoms with Crippen LogP contribution >= 0.6 is 0 Å². The molecule has 6 rings (SSSR count). The Bertz CT molecular complexity index is 1680. The van der Waals surface area contributed by atoms with Crippen LogP contribution in [0.25, 0.3) is 11.0 Å². The SMILES string of the molecule is C[C@H]1C[C@@H](Oc2ccnc(COc3ccc(C#N)cc3F)n2)CCN1Cc1nc2ccc(C(=O)O)cc2n1C[C@@H]1CCO1. The molecule has 2 aromatic carbocycles. The number of imidazole rings is 1. The van der Waals surface area contributed by atoms with Gasteiger partial charge in [0, 0.05) is 31.5 Å². The average molecular weight is 587 g/mol. The van der Waals surface area contributed by atoms with Gasteiger partial charge in [0.25, 0.3) is 0 Å². The van der Waals surface area contributed by atoms with Crippen molar-refractivity contribution in [2.45, 2.75) is 64.1 Å². The van der Waals surface area contributed by atoms with Crippen molar-refractivity contribution in [2.75, 3.05) is 13.2 Å². The number of carboxylic acids is 1. The van der Waals surface area contributed by atoms with Crippen molar-refractivity contribution in [1.29, 1.82) is 5.26 Å². The highest BCUT2D eigenvalue weighted by molar-refractivity contribution is 5.92. The van der Waals surface area contributed by atoms with Gasteiger partial charge in [-0.25, -0.2) is 19.2 Å². The van der Waals surface area contributed by atoms with E-state index in [1.165, 1.54) is 12.1 Å². The molecule has 4 heterocycles. The minimum absolute atomic E-state index is 0.0196. The van der Waals surface area contributed by atoms with Gasteiger partial charge < -0.3 is 23.9 Å². The molecule has 2 aliphatic rings. The van der Waals surface area contributed by atoms with Crippen LogP contribution in [-0.4, -0.2) is 66.9 Å². The molecule has 2 aromatic heterocycles. The molecule has 0 bridgehead atoms. The number of rotatable bonds is 10. The molecule has 3 atom stereocenters. The number of piperidine rings is 1. The summed E-state index contributed by atoms with van der Waals surface area (Å²) in [6, 6.07) is 12.9. The minimum atomic E-state index is -0.963. The monoisotopic (exact) mass is 586 g/mol. The van der Waals surface area contributed by atoms with Gasteiger partial charge >= 0.3 is 5.97 Å². The van der Waals surface area contributed by atoms with E-state index >= 15 is 0 Å². The largest absolute Gasteiger partial charge is 0.483 e. The van der Waals surface area contributed by atoms with Crippen molar-refractivity contribution < 1.29 is 28.5 Å². The Hall–Kier alpha value is -4.60. The highest BCUT2D eigenvalue weighted by atomic mass is 19.1. The van der Waals surface area contributed by atoms with Gasteiger partial charge in [0.2, 0.25) is 5.88 Å². The van der Waals surface area contributed by atoms with E-state index in [0.29, 0.717) is 24.8 Å². The van der Waals surface area contributed by atoms with Crippen molar-refractivity contribution in [2.24, 2.45) is 0 Å². The van der Waals surface area contributed by atoms with Crippen molar-refractivity contribution in [3.63, 3.8) is 0 Å². The van der Waals surface area contributed by atoms with Crippen molar-refractivity contribution in [1.82, 2.24) is 24.4 Å². The predicted octanol–water partition coefficient (Wildman–Crippen LogP) is 4.34. The van der Waals surface area contributed by atoms with Crippen LogP contribution in [0.4, 0.5) is 4.39 Å². The summed E-state index contributed by atoms with van der Waals surface area (Å²) in [5.41, 5.74) is 2.03. The average Bonchev–Trinajstić information content (AvgIpc) is 3.31. The third-order valence-corrected chi connectivity index (χ3v) is 7.95. The number of aromatic carboxylic acids is 1. The molecule has 43 heavy (non-hydrogen) atoms. The van der Waals surface area contributed by atoms with Crippen molar-refractivity contribution in [3.8, 4) is 17.7 Å². The first-order valence-corrected chi connectivity index (χ1v) is 14.3. The highest BCUT2D eigenvalue weighted by Gasteiger charge is 2.29. The summed E-state index contributed by atoms with van der Waals surface area (Å²) < 4.78 is 33.7. The normalized spacial score (nSPS) is 20.3. The van der Waals surface area contributed by atoms with Crippen LogP contribution in [0.3, 0.4) is 0 Å². The zero-order valence-corrected chi connectivity index (χ0v) is 23.6. The first kappa shape index (κ1) is 28.5. The Morgan fingerprint density at radius 3 is 2.79 bits per heavy atom. The molecule has 2 saturated heterocycles. The van der Waals surface area contributed by atoms with Gasteiger partial charge in [0.15, 0.2) is 17.4 Å². The lowest BCUT2D eigenvalue weighted by Gasteiger charge is -2.37. The second kappa shape index (κ2) is 12.3. The lowest BCUT2D eigenvalue weighted by atomic mass is 10.0. The zero-order valence-electron chi connectivity index (χ0n) is 23.6. The quantitative estimate of drug-likeness (QED) is 0.286. The van der Waals surface area contributed by atoms with E-state index in [4.69, 9.17) is 24.5 Å². The lowest BCUT2D eigenvalue weighted by Crippen LogP contribution is -2.44. The summed E-state index contributed by atoms with van der Waals surface area (Å²) in [6.45, 7) is 4.91. The number of ether oxygens (including phenoxy) is 3. The van der Waals surface area contributed by atoms with Gasteiger partial charge in [-0.2, -0.15) is 10.2 Å². The molecule has 222 valence electrons. The fourth-order valence-electron chi connectivity index (χ4n) is 5.48. The van der Waals surface area contributed by atoms with Gasteiger partial charge in [-0.3, -0.25) is 4.90 Å². The van der Waals surface area contributed by atoms with Gasteiger partial charge in [-0.1, -0.05) is 0 Å². The number of aromatic nitrogens is 4. The second-order valence-electron chi connectivity index (χ2n) is 10.9. The molecule has 11 nitrogen and oxygen atoms in total. The number of hydrogen-bond donors (Lipinski definition) is 1. The highest BCUT2D eigenvalue weighted by Crippen LogP contribution is 2.27. The lowest BCUT2D eigenvalue weighted by molar-refractivity contribution is -0.0593. The van der Waals surface area contributed by atoms with Crippen LogP contribution in [0.1, 0.15) is 53.8 Å². The van der Waals surface area contributed by atoms with Crippen molar-refractivity contribution in [3.05, 3.63) is 77.3 Å². The summed E-state index contributed by atoms with van der Waals surface area (Å²) in [6.07, 6.45) is 4.17. The molecule has 12 heteroatoms. The molecule has 0 unspecified atom stereocenters. The molecule has 0 spiro atoms. The third-order valence-electron chi connectivity index (χ3n) is 7.95. The second-order valence-corrected chi connectivity index (χ2v) is 10.9. The Morgan fingerprint density at radius 2 is 2.07 bits per heavy atom. The number of fused-ring (bicyclic) bond motifs is 1. The van der Waals surface area contributed by atoms with Crippen LogP contribution in [0, 0.1) is 17.1 Å². The fourth-order valence-corrected chi connectivity index (χ4v) is 5.48. The Kier molecular flexibility index (Phi) is 8.18. The Balaban J connectivity index is 1.09. The topological polar surface area (TPSA) is 136 Å². The Labute approximate surface area is 247 Å². The third kappa shape index (κ3) is 6.43. The first-order valence-electron chi connectivity index (χ1n) is 14.3. The summed E-state index contributed by atoms with van der Waals surface area (Å²) in [5.74, 6) is 0.104. The predicted molar refractivity (Wildman–Crippen MR) is 152 cm³/mol. The number of nitriles is 1. The van der Waals surface area contributed by atoms with E-state index in [1.54, 1.807) is 30.5 Å². The van der Waals surface area contributed by atoms with E-state index < -0.39 is 11.8 Å². The first-order chi connectivity index (χ1) is 20.9. The molecular weight excluding hydrogens is 555 g/mol. The molecule has 2 aliphatic heterocycles. The molecule has 1 N–H and O–H groups in total. The number of nitrogens with zero attached hydrogens (tertiary/aromatic N) is 6. The number of carbonyl (C=O) groups is 1. The molecule has 4 aromatic rings. The fraction of sp³-hybridized carbons (Fsp3) is 0.387. The summed E-state index contributed by atoms with van der Waals surface area (Å²) in [4.78, 5) is 27.5. The van der Waals surface area contributed by atoms with Gasteiger partial charge in [0.1, 0.15) is 18.5 Å². The Morgan fingerprint density at radius 1 is 1.21 bits per heavy atom. The minimum Gasteiger partial charge on any atom is -0.483 e.